The number of unbranched alkanes of at least 4 members (excludes halogenated alkanes) is 1. The van der Waals surface area contributed by atoms with Crippen molar-refractivity contribution in [2.75, 3.05) is 6.61 Å². The van der Waals surface area contributed by atoms with E-state index >= 15 is 0 Å². The van der Waals surface area contributed by atoms with Crippen molar-refractivity contribution in [3.05, 3.63) is 18.0 Å². The Hall–Kier alpha value is -1.16. The maximum absolute atomic E-state index is 12.1. The third-order valence-corrected chi connectivity index (χ3v) is 2.41. The maximum atomic E-state index is 12.1. The Kier molecular flexibility index (Phi) is 4.24. The summed E-state index contributed by atoms with van der Waals surface area (Å²) >= 11 is 0. The number of ketones is 1. The Morgan fingerprint density at radius 1 is 1.44 bits per heavy atom. The molecule has 0 aliphatic carbocycles. The van der Waals surface area contributed by atoms with Crippen LogP contribution in [0.4, 0.5) is 0 Å². The molecule has 0 atom stereocenters. The average Bonchev–Trinajstić information content (AvgIpc) is 2.64. The van der Waals surface area contributed by atoms with E-state index in [2.05, 4.69) is 5.10 Å². The van der Waals surface area contributed by atoms with E-state index in [4.69, 9.17) is 5.11 Å². The smallest absolute Gasteiger partial charge is 0.186 e. The summed E-state index contributed by atoms with van der Waals surface area (Å²) in [5, 5.41) is 12.8. The van der Waals surface area contributed by atoms with E-state index in [0.29, 0.717) is 12.2 Å². The summed E-state index contributed by atoms with van der Waals surface area (Å²) in [6.45, 7) is 6.58. The predicted molar refractivity (Wildman–Crippen MR) is 62.3 cm³/mol. The quantitative estimate of drug-likeness (QED) is 0.613. The highest BCUT2D eigenvalue weighted by Gasteiger charge is 2.25. The SMILES string of the molecule is CC(C)(C)C(=O)c1ccnn1CCCCO. The zero-order chi connectivity index (χ0) is 12.2. The van der Waals surface area contributed by atoms with Gasteiger partial charge in [0.1, 0.15) is 5.69 Å². The van der Waals surface area contributed by atoms with Gasteiger partial charge in [-0.15, -0.1) is 0 Å². The summed E-state index contributed by atoms with van der Waals surface area (Å²) in [7, 11) is 0. The molecule has 0 amide bonds. The van der Waals surface area contributed by atoms with E-state index in [9.17, 15) is 4.79 Å². The van der Waals surface area contributed by atoms with Crippen LogP contribution in [0.2, 0.25) is 0 Å². The number of carbonyl (C=O) groups excluding carboxylic acids is 1. The van der Waals surface area contributed by atoms with Gasteiger partial charge in [-0.2, -0.15) is 5.10 Å². The molecule has 0 aliphatic heterocycles. The number of aryl methyl sites for hydroxylation is 1. The van der Waals surface area contributed by atoms with E-state index in [1.807, 2.05) is 20.8 Å². The molecule has 1 heterocycles. The highest BCUT2D eigenvalue weighted by Crippen LogP contribution is 2.20. The monoisotopic (exact) mass is 224 g/mol. The van der Waals surface area contributed by atoms with Gasteiger partial charge in [-0.05, 0) is 18.9 Å². The van der Waals surface area contributed by atoms with Crippen molar-refractivity contribution >= 4 is 5.78 Å². The summed E-state index contributed by atoms with van der Waals surface area (Å²) in [5.41, 5.74) is 0.278. The first-order valence-electron chi connectivity index (χ1n) is 5.64. The fourth-order valence-corrected chi connectivity index (χ4v) is 1.46. The minimum Gasteiger partial charge on any atom is -0.396 e. The summed E-state index contributed by atoms with van der Waals surface area (Å²) < 4.78 is 1.73. The van der Waals surface area contributed by atoms with Crippen molar-refractivity contribution in [1.82, 2.24) is 9.78 Å². The van der Waals surface area contributed by atoms with Crippen LogP contribution in [-0.2, 0) is 6.54 Å². The van der Waals surface area contributed by atoms with E-state index in [1.54, 1.807) is 16.9 Å². The molecule has 0 radical (unpaired) electrons. The number of nitrogens with zero attached hydrogens (tertiary/aromatic N) is 2. The summed E-state index contributed by atoms with van der Waals surface area (Å²) in [5.74, 6) is 0.106. The van der Waals surface area contributed by atoms with Crippen molar-refractivity contribution in [2.24, 2.45) is 5.41 Å². The lowest BCUT2D eigenvalue weighted by Gasteiger charge is -2.17. The molecule has 0 saturated heterocycles. The lowest BCUT2D eigenvalue weighted by atomic mass is 9.89. The molecule has 90 valence electrons. The van der Waals surface area contributed by atoms with Gasteiger partial charge in [0.25, 0.3) is 0 Å². The summed E-state index contributed by atoms with van der Waals surface area (Å²) in [4.78, 5) is 12.1. The van der Waals surface area contributed by atoms with Gasteiger partial charge in [0, 0.05) is 24.8 Å². The number of carbonyl (C=O) groups is 1. The molecule has 0 fully saturated rings. The van der Waals surface area contributed by atoms with Crippen LogP contribution < -0.4 is 0 Å². The largest absolute Gasteiger partial charge is 0.396 e. The molecule has 1 rings (SSSR count). The summed E-state index contributed by atoms with van der Waals surface area (Å²) in [6.07, 6.45) is 3.23. The molecule has 1 aromatic heterocycles. The molecule has 1 aromatic rings. The molecule has 0 aromatic carbocycles. The Bertz CT molecular complexity index is 350. The Morgan fingerprint density at radius 2 is 2.12 bits per heavy atom. The van der Waals surface area contributed by atoms with Crippen molar-refractivity contribution in [3.8, 4) is 0 Å². The van der Waals surface area contributed by atoms with E-state index in [1.165, 1.54) is 0 Å². The predicted octanol–water partition coefficient (Wildman–Crippen LogP) is 1.88. The molecule has 0 unspecified atom stereocenters. The first-order valence-corrected chi connectivity index (χ1v) is 5.64. The van der Waals surface area contributed by atoms with E-state index in [0.717, 1.165) is 12.8 Å². The number of aliphatic hydroxyl groups is 1. The molecule has 0 saturated carbocycles. The highest BCUT2D eigenvalue weighted by atomic mass is 16.2. The van der Waals surface area contributed by atoms with Gasteiger partial charge >= 0.3 is 0 Å². The van der Waals surface area contributed by atoms with Crippen molar-refractivity contribution in [2.45, 2.75) is 40.2 Å². The molecule has 0 aliphatic rings. The van der Waals surface area contributed by atoms with Crippen LogP contribution in [0.15, 0.2) is 12.3 Å². The van der Waals surface area contributed by atoms with Gasteiger partial charge in [0.2, 0.25) is 0 Å². The zero-order valence-corrected chi connectivity index (χ0v) is 10.2. The number of hydrogen-bond acceptors (Lipinski definition) is 3. The second kappa shape index (κ2) is 5.25. The van der Waals surface area contributed by atoms with E-state index < -0.39 is 0 Å². The van der Waals surface area contributed by atoms with Crippen LogP contribution >= 0.6 is 0 Å². The van der Waals surface area contributed by atoms with Crippen LogP contribution in [0.3, 0.4) is 0 Å². The third-order valence-electron chi connectivity index (χ3n) is 2.41. The summed E-state index contributed by atoms with van der Waals surface area (Å²) in [6, 6.07) is 1.76. The normalized spacial score (nSPS) is 11.8. The Morgan fingerprint density at radius 3 is 2.69 bits per heavy atom. The second-order valence-electron chi connectivity index (χ2n) is 4.95. The van der Waals surface area contributed by atoms with Crippen molar-refractivity contribution in [1.29, 1.82) is 0 Å². The highest BCUT2D eigenvalue weighted by molar-refractivity contribution is 5.98. The standard InChI is InChI=1S/C12H20N2O2/c1-12(2,3)11(16)10-6-7-13-14(10)8-4-5-9-15/h6-7,15H,4-5,8-9H2,1-3H3. The van der Waals surface area contributed by atoms with Gasteiger partial charge < -0.3 is 5.11 Å². The van der Waals surface area contributed by atoms with Crippen molar-refractivity contribution in [3.63, 3.8) is 0 Å². The number of Topliss-reactive ketones (excluding diaryl/α,β-unsaturated/α-hetero) is 1. The number of aromatic nitrogens is 2. The van der Waals surface area contributed by atoms with Crippen LogP contribution in [0.1, 0.15) is 44.1 Å². The molecule has 4 nitrogen and oxygen atoms in total. The Balaban J connectivity index is 2.74. The third kappa shape index (κ3) is 3.17. The van der Waals surface area contributed by atoms with Gasteiger partial charge in [-0.3, -0.25) is 9.48 Å². The fraction of sp³-hybridized carbons (Fsp3) is 0.667. The lowest BCUT2D eigenvalue weighted by Crippen LogP contribution is -2.23. The topological polar surface area (TPSA) is 55.1 Å². The van der Waals surface area contributed by atoms with Gasteiger partial charge in [-0.1, -0.05) is 20.8 Å². The van der Waals surface area contributed by atoms with Gasteiger partial charge in [0.05, 0.1) is 0 Å². The molecular formula is C12H20N2O2. The number of hydrogen-bond donors (Lipinski definition) is 1. The minimum absolute atomic E-state index is 0.106. The van der Waals surface area contributed by atoms with Gasteiger partial charge in [0.15, 0.2) is 5.78 Å². The Labute approximate surface area is 96.3 Å². The molecular weight excluding hydrogens is 204 g/mol. The lowest BCUT2D eigenvalue weighted by molar-refractivity contribution is 0.0846. The molecule has 0 spiro atoms. The molecule has 4 heteroatoms. The zero-order valence-electron chi connectivity index (χ0n) is 10.2. The molecule has 1 N–H and O–H groups in total. The number of rotatable bonds is 5. The first-order chi connectivity index (χ1) is 7.46. The van der Waals surface area contributed by atoms with Crippen molar-refractivity contribution < 1.29 is 9.90 Å². The number of aliphatic hydroxyl groups excluding tert-OH is 1. The molecule has 16 heavy (non-hydrogen) atoms. The maximum Gasteiger partial charge on any atom is 0.186 e. The average molecular weight is 224 g/mol. The minimum atomic E-state index is -0.380. The van der Waals surface area contributed by atoms with Gasteiger partial charge in [-0.25, -0.2) is 0 Å². The van der Waals surface area contributed by atoms with Crippen LogP contribution in [0.25, 0.3) is 0 Å². The van der Waals surface area contributed by atoms with Crippen LogP contribution in [0.5, 0.6) is 0 Å². The fourth-order valence-electron chi connectivity index (χ4n) is 1.46. The van der Waals surface area contributed by atoms with E-state index in [-0.39, 0.29) is 17.8 Å². The molecule has 0 bridgehead atoms. The van der Waals surface area contributed by atoms with Crippen LogP contribution in [0, 0.1) is 5.41 Å². The first kappa shape index (κ1) is 12.9. The van der Waals surface area contributed by atoms with Crippen LogP contribution in [-0.4, -0.2) is 27.3 Å². The second-order valence-corrected chi connectivity index (χ2v) is 4.95.